The summed E-state index contributed by atoms with van der Waals surface area (Å²) in [7, 11) is -2.50. The lowest BCUT2D eigenvalue weighted by Gasteiger charge is -2.19. The smallest absolute Gasteiger partial charge is 0.417 e. The number of amides is 1. The van der Waals surface area contributed by atoms with E-state index in [1.54, 1.807) is 17.5 Å². The van der Waals surface area contributed by atoms with Crippen molar-refractivity contribution in [1.82, 2.24) is 5.32 Å². The van der Waals surface area contributed by atoms with Crippen molar-refractivity contribution in [2.75, 3.05) is 13.7 Å². The Bertz CT molecular complexity index is 1140. The molecule has 1 aromatic heterocycles. The molecule has 164 valence electrons. The lowest BCUT2D eigenvalue weighted by Crippen LogP contribution is -2.32. The maximum atomic E-state index is 13.2. The van der Waals surface area contributed by atoms with E-state index in [1.165, 1.54) is 54.8 Å². The third-order valence-electron chi connectivity index (χ3n) is 4.55. The van der Waals surface area contributed by atoms with E-state index in [4.69, 9.17) is 4.74 Å². The summed E-state index contributed by atoms with van der Waals surface area (Å²) in [6, 6.07) is 13.4. The Balaban J connectivity index is 1.89. The highest BCUT2D eigenvalue weighted by atomic mass is 32.2. The molecule has 0 spiro atoms. The zero-order valence-electron chi connectivity index (χ0n) is 16.2. The Hall–Kier alpha value is -2.85. The first-order valence-corrected chi connectivity index (χ1v) is 11.4. The molecular weight excluding hydrogens is 451 g/mol. The Morgan fingerprint density at radius 1 is 1.06 bits per heavy atom. The van der Waals surface area contributed by atoms with Crippen LogP contribution in [0.4, 0.5) is 13.2 Å². The van der Waals surface area contributed by atoms with E-state index in [1.807, 2.05) is 0 Å². The second kappa shape index (κ2) is 9.11. The van der Waals surface area contributed by atoms with Gasteiger partial charge in [-0.1, -0.05) is 18.2 Å². The molecule has 1 atom stereocenters. The van der Waals surface area contributed by atoms with Crippen LogP contribution in [0.5, 0.6) is 5.75 Å². The molecule has 0 saturated heterocycles. The van der Waals surface area contributed by atoms with Gasteiger partial charge in [-0.25, -0.2) is 8.42 Å². The zero-order chi connectivity index (χ0) is 22.6. The molecule has 1 amide bonds. The van der Waals surface area contributed by atoms with Gasteiger partial charge in [0.25, 0.3) is 5.91 Å². The average molecular weight is 470 g/mol. The molecule has 2 aromatic carbocycles. The van der Waals surface area contributed by atoms with E-state index in [-0.39, 0.29) is 11.4 Å². The van der Waals surface area contributed by atoms with E-state index in [0.717, 1.165) is 12.1 Å². The van der Waals surface area contributed by atoms with Crippen LogP contribution in [0.25, 0.3) is 0 Å². The van der Waals surface area contributed by atoms with Crippen LogP contribution in [-0.4, -0.2) is 28.0 Å². The molecule has 0 bridgehead atoms. The second-order valence-corrected chi connectivity index (χ2v) is 9.59. The molecule has 31 heavy (non-hydrogen) atoms. The van der Waals surface area contributed by atoms with Crippen LogP contribution in [0.2, 0.25) is 0 Å². The number of carbonyl (C=O) groups is 1. The summed E-state index contributed by atoms with van der Waals surface area (Å²) < 4.78 is 71.2. The molecule has 3 rings (SSSR count). The zero-order valence-corrected chi connectivity index (χ0v) is 17.9. The van der Waals surface area contributed by atoms with Gasteiger partial charge in [0.2, 0.25) is 0 Å². The first-order chi connectivity index (χ1) is 14.6. The van der Waals surface area contributed by atoms with Crippen LogP contribution in [0.3, 0.4) is 0 Å². The summed E-state index contributed by atoms with van der Waals surface area (Å²) >= 11 is 1.18. The van der Waals surface area contributed by atoms with Gasteiger partial charge in [0, 0.05) is 11.4 Å². The SMILES string of the molecule is COc1ccc(S(=O)(=O)[C@H](CNC(=O)c2ccccc2C(F)(F)F)c2cccs2)cc1. The number of hydrogen-bond acceptors (Lipinski definition) is 5. The topological polar surface area (TPSA) is 72.5 Å². The predicted octanol–water partition coefficient (Wildman–Crippen LogP) is 4.72. The molecule has 0 aliphatic rings. The molecular formula is C21H18F3NO4S2. The van der Waals surface area contributed by atoms with Gasteiger partial charge in [0.1, 0.15) is 11.0 Å². The molecule has 0 radical (unpaired) electrons. The lowest BCUT2D eigenvalue weighted by molar-refractivity contribution is -0.137. The summed E-state index contributed by atoms with van der Waals surface area (Å²) in [5, 5.41) is 2.89. The van der Waals surface area contributed by atoms with Crippen molar-refractivity contribution in [1.29, 1.82) is 0 Å². The van der Waals surface area contributed by atoms with Crippen LogP contribution in [0.15, 0.2) is 70.9 Å². The summed E-state index contributed by atoms with van der Waals surface area (Å²) in [5.74, 6) is -0.525. The molecule has 0 aliphatic heterocycles. The number of alkyl halides is 3. The van der Waals surface area contributed by atoms with Gasteiger partial charge in [-0.3, -0.25) is 4.79 Å². The van der Waals surface area contributed by atoms with Crippen LogP contribution >= 0.6 is 11.3 Å². The third kappa shape index (κ3) is 5.08. The summed E-state index contributed by atoms with van der Waals surface area (Å²) in [5.41, 5.74) is -1.65. The Kier molecular flexibility index (Phi) is 6.71. The largest absolute Gasteiger partial charge is 0.497 e. The highest BCUT2D eigenvalue weighted by molar-refractivity contribution is 7.91. The van der Waals surface area contributed by atoms with Crippen LogP contribution in [-0.2, 0) is 16.0 Å². The van der Waals surface area contributed by atoms with Gasteiger partial charge in [0.15, 0.2) is 9.84 Å². The fourth-order valence-corrected chi connectivity index (χ4v) is 5.76. The van der Waals surface area contributed by atoms with Gasteiger partial charge in [-0.05, 0) is 47.8 Å². The van der Waals surface area contributed by atoms with E-state index in [0.29, 0.717) is 10.6 Å². The summed E-state index contributed by atoms with van der Waals surface area (Å²) in [6.07, 6.45) is -4.71. The third-order valence-corrected chi connectivity index (χ3v) is 7.78. The van der Waals surface area contributed by atoms with Crippen molar-refractivity contribution >= 4 is 27.1 Å². The minimum absolute atomic E-state index is 0.0108. The highest BCUT2D eigenvalue weighted by Crippen LogP contribution is 2.34. The Morgan fingerprint density at radius 3 is 2.32 bits per heavy atom. The summed E-state index contributed by atoms with van der Waals surface area (Å²) in [6.45, 7) is -0.389. The van der Waals surface area contributed by atoms with Gasteiger partial charge in [-0.2, -0.15) is 13.2 Å². The maximum absolute atomic E-state index is 13.2. The second-order valence-electron chi connectivity index (χ2n) is 6.48. The Morgan fingerprint density at radius 2 is 1.74 bits per heavy atom. The van der Waals surface area contributed by atoms with Gasteiger partial charge in [-0.15, -0.1) is 11.3 Å². The molecule has 0 saturated carbocycles. The number of thiophene rings is 1. The molecule has 5 nitrogen and oxygen atoms in total. The molecule has 1 N–H and O–H groups in total. The molecule has 0 aliphatic carbocycles. The Labute approximate surface area is 181 Å². The highest BCUT2D eigenvalue weighted by Gasteiger charge is 2.36. The van der Waals surface area contributed by atoms with Crippen molar-refractivity contribution in [2.24, 2.45) is 0 Å². The minimum Gasteiger partial charge on any atom is -0.497 e. The van der Waals surface area contributed by atoms with Crippen molar-refractivity contribution < 1.29 is 31.1 Å². The van der Waals surface area contributed by atoms with E-state index < -0.39 is 38.3 Å². The van der Waals surface area contributed by atoms with Crippen LogP contribution < -0.4 is 10.1 Å². The van der Waals surface area contributed by atoms with E-state index >= 15 is 0 Å². The van der Waals surface area contributed by atoms with Gasteiger partial charge >= 0.3 is 6.18 Å². The predicted molar refractivity (Wildman–Crippen MR) is 111 cm³/mol. The standard InChI is InChI=1S/C21H18F3NO4S2/c1-29-14-8-10-15(11-9-14)31(27,28)19(18-7-4-12-30-18)13-25-20(26)16-5-2-3-6-17(16)21(22,23)24/h2-12,19H,13H2,1H3,(H,25,26)/t19-/m1/s1. The van der Waals surface area contributed by atoms with E-state index in [9.17, 15) is 26.4 Å². The van der Waals surface area contributed by atoms with Crippen molar-refractivity contribution in [3.8, 4) is 5.75 Å². The normalized spacial score (nSPS) is 12.9. The van der Waals surface area contributed by atoms with Crippen LogP contribution in [0.1, 0.15) is 26.0 Å². The van der Waals surface area contributed by atoms with Gasteiger partial charge in [0.05, 0.1) is 23.1 Å². The van der Waals surface area contributed by atoms with Crippen molar-refractivity contribution in [3.05, 3.63) is 82.0 Å². The molecule has 3 aromatic rings. The number of methoxy groups -OCH3 is 1. The first-order valence-electron chi connectivity index (χ1n) is 9.00. The van der Waals surface area contributed by atoms with Crippen LogP contribution in [0, 0.1) is 0 Å². The summed E-state index contributed by atoms with van der Waals surface area (Å²) in [4.78, 5) is 13.0. The monoisotopic (exact) mass is 469 g/mol. The number of halogens is 3. The van der Waals surface area contributed by atoms with E-state index in [2.05, 4.69) is 5.32 Å². The molecule has 0 fully saturated rings. The number of ether oxygens (including phenoxy) is 1. The quantitative estimate of drug-likeness (QED) is 0.544. The van der Waals surface area contributed by atoms with Crippen molar-refractivity contribution in [3.63, 3.8) is 0 Å². The lowest BCUT2D eigenvalue weighted by atomic mass is 10.1. The first kappa shape index (κ1) is 22.8. The minimum atomic E-state index is -4.71. The van der Waals surface area contributed by atoms with Crippen molar-refractivity contribution in [2.45, 2.75) is 16.3 Å². The fourth-order valence-electron chi connectivity index (χ4n) is 2.98. The number of carbonyl (C=O) groups excluding carboxylic acids is 1. The molecule has 0 unspecified atom stereocenters. The number of benzene rings is 2. The number of nitrogens with one attached hydrogen (secondary N) is 1. The number of hydrogen-bond donors (Lipinski definition) is 1. The fraction of sp³-hybridized carbons (Fsp3) is 0.190. The van der Waals surface area contributed by atoms with Gasteiger partial charge < -0.3 is 10.1 Å². The number of sulfone groups is 1. The molecule has 10 heteroatoms. The maximum Gasteiger partial charge on any atom is 0.417 e. The number of rotatable bonds is 7. The molecule has 1 heterocycles. The average Bonchev–Trinajstić information content (AvgIpc) is 3.27.